The van der Waals surface area contributed by atoms with E-state index in [-0.39, 0.29) is 6.10 Å². The van der Waals surface area contributed by atoms with Crippen LogP contribution in [0.4, 0.5) is 0 Å². The van der Waals surface area contributed by atoms with Crippen molar-refractivity contribution < 1.29 is 24.1 Å². The molecule has 0 aliphatic carbocycles. The van der Waals surface area contributed by atoms with Crippen molar-refractivity contribution in [3.05, 3.63) is 35.9 Å². The molecule has 1 aromatic carbocycles. The van der Waals surface area contributed by atoms with E-state index in [0.29, 0.717) is 6.61 Å². The zero-order chi connectivity index (χ0) is 12.5. The summed E-state index contributed by atoms with van der Waals surface area (Å²) >= 11 is 0. The molecule has 3 rings (SSSR count). The smallest absolute Gasteiger partial charge is 0.185 e. The van der Waals surface area contributed by atoms with Crippen LogP contribution >= 0.6 is 0 Å². The van der Waals surface area contributed by atoms with E-state index in [1.54, 1.807) is 0 Å². The van der Waals surface area contributed by atoms with Gasteiger partial charge in [0.25, 0.3) is 0 Å². The van der Waals surface area contributed by atoms with Crippen molar-refractivity contribution in [1.82, 2.24) is 0 Å². The number of hydrogen-bond donors (Lipinski definition) is 1. The Hall–Kier alpha value is -0.980. The molecule has 1 aromatic rings. The standard InChI is InChI=1S/C13H16O5/c1-15-13-10(14)11-9(7-16-13)17-12(18-11)8-5-3-2-4-6-8/h2-6,9-14H,7H2,1H3/t9-,10+,11-,12?,13-/m0/s1. The lowest BCUT2D eigenvalue weighted by molar-refractivity contribution is -0.241. The summed E-state index contributed by atoms with van der Waals surface area (Å²) in [6.07, 6.45) is -2.59. The second-order valence-electron chi connectivity index (χ2n) is 4.45. The summed E-state index contributed by atoms with van der Waals surface area (Å²) in [4.78, 5) is 0. The summed E-state index contributed by atoms with van der Waals surface area (Å²) in [6.45, 7) is 0.365. The molecule has 1 N–H and O–H groups in total. The van der Waals surface area contributed by atoms with Crippen LogP contribution in [0.5, 0.6) is 0 Å². The van der Waals surface area contributed by atoms with E-state index < -0.39 is 24.8 Å². The van der Waals surface area contributed by atoms with Crippen LogP contribution in [0.1, 0.15) is 11.9 Å². The largest absolute Gasteiger partial charge is 0.385 e. The van der Waals surface area contributed by atoms with E-state index in [2.05, 4.69) is 0 Å². The van der Waals surface area contributed by atoms with Crippen LogP contribution in [0.3, 0.4) is 0 Å². The minimum absolute atomic E-state index is 0.253. The summed E-state index contributed by atoms with van der Waals surface area (Å²) in [7, 11) is 1.50. The summed E-state index contributed by atoms with van der Waals surface area (Å²) in [5.41, 5.74) is 0.938. The van der Waals surface area contributed by atoms with Gasteiger partial charge in [0.1, 0.15) is 18.3 Å². The average Bonchev–Trinajstić information content (AvgIpc) is 2.85. The molecule has 0 radical (unpaired) electrons. The van der Waals surface area contributed by atoms with Gasteiger partial charge in [-0.1, -0.05) is 30.3 Å². The Balaban J connectivity index is 1.74. The average molecular weight is 252 g/mol. The molecule has 2 aliphatic rings. The zero-order valence-corrected chi connectivity index (χ0v) is 10.1. The number of aliphatic hydroxyl groups excluding tert-OH is 1. The highest BCUT2D eigenvalue weighted by Crippen LogP contribution is 2.36. The second-order valence-corrected chi connectivity index (χ2v) is 4.45. The first kappa shape index (κ1) is 12.1. The van der Waals surface area contributed by atoms with Crippen LogP contribution < -0.4 is 0 Å². The quantitative estimate of drug-likeness (QED) is 0.845. The monoisotopic (exact) mass is 252 g/mol. The van der Waals surface area contributed by atoms with Crippen molar-refractivity contribution >= 4 is 0 Å². The Bertz CT molecular complexity index is 396. The lowest BCUT2D eigenvalue weighted by atomic mass is 10.1. The maximum atomic E-state index is 10.0. The van der Waals surface area contributed by atoms with Crippen LogP contribution in [0.25, 0.3) is 0 Å². The van der Waals surface area contributed by atoms with E-state index >= 15 is 0 Å². The Morgan fingerprint density at radius 3 is 2.72 bits per heavy atom. The molecule has 0 saturated carbocycles. The van der Waals surface area contributed by atoms with Gasteiger partial charge in [-0.25, -0.2) is 0 Å². The van der Waals surface area contributed by atoms with Gasteiger partial charge in [0.2, 0.25) is 0 Å². The molecule has 1 unspecified atom stereocenters. The van der Waals surface area contributed by atoms with Crippen molar-refractivity contribution in [3.63, 3.8) is 0 Å². The molecule has 5 atom stereocenters. The third kappa shape index (κ3) is 2.04. The van der Waals surface area contributed by atoms with Crippen LogP contribution in [0.2, 0.25) is 0 Å². The second kappa shape index (κ2) is 4.95. The molecule has 2 saturated heterocycles. The molecule has 18 heavy (non-hydrogen) atoms. The minimum atomic E-state index is -0.831. The fraction of sp³-hybridized carbons (Fsp3) is 0.538. The lowest BCUT2D eigenvalue weighted by Gasteiger charge is -2.33. The summed E-state index contributed by atoms with van der Waals surface area (Å²) in [6, 6.07) is 9.65. The number of fused-ring (bicyclic) bond motifs is 1. The van der Waals surface area contributed by atoms with Crippen LogP contribution in [0.15, 0.2) is 30.3 Å². The molecule has 2 aliphatic heterocycles. The predicted octanol–water partition coefficient (Wildman–Crippen LogP) is 0.833. The van der Waals surface area contributed by atoms with Crippen molar-refractivity contribution in [2.45, 2.75) is 30.9 Å². The lowest BCUT2D eigenvalue weighted by Crippen LogP contribution is -2.52. The Labute approximate surface area is 105 Å². The Morgan fingerprint density at radius 2 is 2.00 bits per heavy atom. The Morgan fingerprint density at radius 1 is 1.22 bits per heavy atom. The highest BCUT2D eigenvalue weighted by Gasteiger charge is 2.48. The fourth-order valence-electron chi connectivity index (χ4n) is 2.35. The maximum absolute atomic E-state index is 10.0. The molecule has 0 aromatic heterocycles. The highest BCUT2D eigenvalue weighted by molar-refractivity contribution is 5.17. The van der Waals surface area contributed by atoms with Crippen molar-refractivity contribution in [3.8, 4) is 0 Å². The normalized spacial score (nSPS) is 39.6. The van der Waals surface area contributed by atoms with E-state index in [9.17, 15) is 5.11 Å². The van der Waals surface area contributed by atoms with Gasteiger partial charge in [0.15, 0.2) is 12.6 Å². The van der Waals surface area contributed by atoms with Crippen molar-refractivity contribution in [2.75, 3.05) is 13.7 Å². The third-order valence-corrected chi connectivity index (χ3v) is 3.29. The first-order chi connectivity index (χ1) is 8.79. The molecular weight excluding hydrogens is 236 g/mol. The van der Waals surface area contributed by atoms with Crippen LogP contribution in [0, 0.1) is 0 Å². The van der Waals surface area contributed by atoms with Gasteiger partial charge >= 0.3 is 0 Å². The minimum Gasteiger partial charge on any atom is -0.385 e. The fourth-order valence-corrected chi connectivity index (χ4v) is 2.35. The van der Waals surface area contributed by atoms with Crippen LogP contribution in [-0.2, 0) is 18.9 Å². The number of aliphatic hydroxyl groups is 1. The van der Waals surface area contributed by atoms with Gasteiger partial charge < -0.3 is 24.1 Å². The highest BCUT2D eigenvalue weighted by atomic mass is 16.8. The molecule has 0 amide bonds. The van der Waals surface area contributed by atoms with E-state index in [1.165, 1.54) is 7.11 Å². The summed E-state index contributed by atoms with van der Waals surface area (Å²) in [5, 5.41) is 10.0. The molecule has 0 bridgehead atoms. The van der Waals surface area contributed by atoms with Gasteiger partial charge in [-0.05, 0) is 0 Å². The molecule has 98 valence electrons. The van der Waals surface area contributed by atoms with Crippen molar-refractivity contribution in [1.29, 1.82) is 0 Å². The number of rotatable bonds is 2. The number of hydrogen-bond acceptors (Lipinski definition) is 5. The topological polar surface area (TPSA) is 57.2 Å². The van der Waals surface area contributed by atoms with E-state index in [1.807, 2.05) is 30.3 Å². The number of ether oxygens (including phenoxy) is 4. The zero-order valence-electron chi connectivity index (χ0n) is 10.1. The first-order valence-corrected chi connectivity index (χ1v) is 5.98. The SMILES string of the molecule is CO[C@H]1OC[C@@H]2OC(c3ccccc3)O[C@@H]2[C@H]1O. The van der Waals surface area contributed by atoms with Gasteiger partial charge in [-0.2, -0.15) is 0 Å². The number of benzene rings is 1. The molecule has 0 spiro atoms. The maximum Gasteiger partial charge on any atom is 0.185 e. The van der Waals surface area contributed by atoms with Gasteiger partial charge in [0.05, 0.1) is 6.61 Å². The van der Waals surface area contributed by atoms with E-state index in [4.69, 9.17) is 18.9 Å². The van der Waals surface area contributed by atoms with E-state index in [0.717, 1.165) is 5.56 Å². The van der Waals surface area contributed by atoms with Gasteiger partial charge in [0, 0.05) is 12.7 Å². The Kier molecular flexibility index (Phi) is 3.32. The summed E-state index contributed by atoms with van der Waals surface area (Å²) < 4.78 is 21.9. The molecule has 2 fully saturated rings. The summed E-state index contributed by atoms with van der Waals surface area (Å²) in [5.74, 6) is 0. The van der Waals surface area contributed by atoms with Crippen molar-refractivity contribution in [2.24, 2.45) is 0 Å². The molecule has 2 heterocycles. The molecular formula is C13H16O5. The van der Waals surface area contributed by atoms with Crippen LogP contribution in [-0.4, -0.2) is 43.4 Å². The molecule has 5 nitrogen and oxygen atoms in total. The van der Waals surface area contributed by atoms with Gasteiger partial charge in [-0.15, -0.1) is 0 Å². The van der Waals surface area contributed by atoms with Gasteiger partial charge in [-0.3, -0.25) is 0 Å². The third-order valence-electron chi connectivity index (χ3n) is 3.29. The first-order valence-electron chi connectivity index (χ1n) is 5.98. The predicted molar refractivity (Wildman–Crippen MR) is 61.7 cm³/mol. The number of methoxy groups -OCH3 is 1. The molecule has 5 heteroatoms.